The first-order valence-corrected chi connectivity index (χ1v) is 6.47. The maximum absolute atomic E-state index is 12.3. The largest absolute Gasteiger partial charge is 0.427 e. The summed E-state index contributed by atoms with van der Waals surface area (Å²) < 4.78 is 6.43. The van der Waals surface area contributed by atoms with Gasteiger partial charge in [0.1, 0.15) is 5.52 Å². The van der Waals surface area contributed by atoms with Crippen molar-refractivity contribution in [2.24, 2.45) is 0 Å². The third-order valence-corrected chi connectivity index (χ3v) is 3.81. The lowest BCUT2D eigenvalue weighted by Crippen LogP contribution is -2.22. The fraction of sp³-hybridized carbons (Fsp3) is 0. The van der Waals surface area contributed by atoms with Crippen molar-refractivity contribution in [3.05, 3.63) is 50.1 Å². The first-order chi connectivity index (χ1) is 9.06. The average molecular weight is 295 g/mol. The van der Waals surface area contributed by atoms with Crippen LogP contribution in [-0.4, -0.2) is 10.5 Å². The van der Waals surface area contributed by atoms with Gasteiger partial charge in [-0.3, -0.25) is 4.79 Å². The Balaban J connectivity index is 2.24. The summed E-state index contributed by atoms with van der Waals surface area (Å²) >= 11 is 6.88. The molecule has 0 aliphatic heterocycles. The van der Waals surface area contributed by atoms with E-state index in [9.17, 15) is 9.59 Å². The summed E-state index contributed by atoms with van der Waals surface area (Å²) in [6, 6.07) is 7.83. The van der Waals surface area contributed by atoms with Crippen LogP contribution in [0.1, 0.15) is 9.67 Å². The molecule has 0 fully saturated rings. The lowest BCUT2D eigenvalue weighted by atomic mass is 10.3. The molecule has 96 valence electrons. The molecule has 3 aromatic rings. The summed E-state index contributed by atoms with van der Waals surface area (Å²) in [5.41, 5.74) is 6.76. The highest BCUT2D eigenvalue weighted by Gasteiger charge is 2.19. The number of fused-ring (bicyclic) bond motifs is 1. The number of carbonyl (C=O) groups is 1. The minimum atomic E-state index is -0.741. The molecule has 0 bridgehead atoms. The van der Waals surface area contributed by atoms with Gasteiger partial charge in [0.15, 0.2) is 5.58 Å². The topological polar surface area (TPSA) is 78.2 Å². The normalized spacial score (nSPS) is 11.0. The minimum Gasteiger partial charge on any atom is -0.407 e. The molecule has 5 nitrogen and oxygen atoms in total. The molecule has 0 saturated carbocycles. The number of anilines is 1. The Morgan fingerprint density at radius 2 is 2.11 bits per heavy atom. The Morgan fingerprint density at radius 3 is 2.79 bits per heavy atom. The van der Waals surface area contributed by atoms with Gasteiger partial charge >= 0.3 is 5.76 Å². The van der Waals surface area contributed by atoms with Crippen LogP contribution in [0.15, 0.2) is 39.5 Å². The molecule has 0 amide bonds. The van der Waals surface area contributed by atoms with Crippen LogP contribution >= 0.6 is 22.9 Å². The van der Waals surface area contributed by atoms with E-state index < -0.39 is 11.7 Å². The predicted octanol–water partition coefficient (Wildman–Crippen LogP) is 2.58. The van der Waals surface area contributed by atoms with E-state index in [0.29, 0.717) is 26.0 Å². The first-order valence-electron chi connectivity index (χ1n) is 5.27. The fourth-order valence-electron chi connectivity index (χ4n) is 1.77. The van der Waals surface area contributed by atoms with Gasteiger partial charge in [0.25, 0.3) is 5.91 Å². The number of rotatable bonds is 1. The second-order valence-electron chi connectivity index (χ2n) is 3.84. The average Bonchev–Trinajstić information content (AvgIpc) is 2.91. The second kappa shape index (κ2) is 4.25. The molecule has 19 heavy (non-hydrogen) atoms. The van der Waals surface area contributed by atoms with Crippen LogP contribution in [-0.2, 0) is 0 Å². The maximum atomic E-state index is 12.3. The van der Waals surface area contributed by atoms with Crippen LogP contribution < -0.4 is 11.5 Å². The van der Waals surface area contributed by atoms with Gasteiger partial charge in [-0.05, 0) is 30.3 Å². The zero-order chi connectivity index (χ0) is 13.6. The van der Waals surface area contributed by atoms with E-state index in [1.807, 2.05) is 0 Å². The molecular weight excluding hydrogens is 288 g/mol. The van der Waals surface area contributed by atoms with E-state index in [1.54, 1.807) is 24.3 Å². The number of nitrogens with two attached hydrogens (primary N) is 1. The lowest BCUT2D eigenvalue weighted by Gasteiger charge is -1.98. The molecule has 0 aliphatic carbocycles. The van der Waals surface area contributed by atoms with Crippen LogP contribution in [0, 0.1) is 0 Å². The molecule has 1 aromatic carbocycles. The van der Waals surface area contributed by atoms with Gasteiger partial charge in [-0.1, -0.05) is 11.6 Å². The van der Waals surface area contributed by atoms with Gasteiger partial charge in [-0.25, -0.2) is 9.36 Å². The van der Waals surface area contributed by atoms with Gasteiger partial charge in [0, 0.05) is 5.69 Å². The number of carbonyl (C=O) groups excluding carboxylic acids is 1. The smallest absolute Gasteiger partial charge is 0.407 e. The zero-order valence-corrected chi connectivity index (χ0v) is 11.0. The molecule has 0 spiro atoms. The number of nitrogens with zero attached hydrogens (tertiary/aromatic N) is 1. The summed E-state index contributed by atoms with van der Waals surface area (Å²) in [7, 11) is 0. The molecule has 2 aromatic heterocycles. The SMILES string of the molecule is Nc1ccc2oc(=O)n(C(=O)c3ccc(Cl)s3)c2c1. The van der Waals surface area contributed by atoms with E-state index in [0.717, 1.165) is 15.9 Å². The number of benzene rings is 1. The van der Waals surface area contributed by atoms with Gasteiger partial charge in [-0.2, -0.15) is 0 Å². The van der Waals surface area contributed by atoms with Crippen molar-refractivity contribution >= 4 is 45.6 Å². The van der Waals surface area contributed by atoms with Gasteiger partial charge in [0.05, 0.1) is 9.21 Å². The first kappa shape index (κ1) is 12.0. The minimum absolute atomic E-state index is 0.315. The van der Waals surface area contributed by atoms with E-state index in [4.69, 9.17) is 21.8 Å². The molecule has 7 heteroatoms. The van der Waals surface area contributed by atoms with Crippen LogP contribution in [0.3, 0.4) is 0 Å². The number of oxazole rings is 1. The third-order valence-electron chi connectivity index (χ3n) is 2.59. The van der Waals surface area contributed by atoms with E-state index in [1.165, 1.54) is 6.07 Å². The van der Waals surface area contributed by atoms with Gasteiger partial charge in [0.2, 0.25) is 0 Å². The van der Waals surface area contributed by atoms with E-state index in [-0.39, 0.29) is 0 Å². The highest BCUT2D eigenvalue weighted by atomic mass is 35.5. The summed E-state index contributed by atoms with van der Waals surface area (Å²) in [5.74, 6) is -1.22. The van der Waals surface area contributed by atoms with Crippen molar-refractivity contribution in [2.75, 3.05) is 5.73 Å². The standard InChI is InChI=1S/C12H7ClN2O3S/c13-10-4-3-9(19-10)11(16)15-7-5-6(14)1-2-8(7)18-12(15)17/h1-5H,14H2. The Hall–Kier alpha value is -2.05. The Bertz CT molecular complexity index is 846. The van der Waals surface area contributed by atoms with Crippen LogP contribution in [0.5, 0.6) is 0 Å². The van der Waals surface area contributed by atoms with E-state index >= 15 is 0 Å². The molecule has 2 heterocycles. The van der Waals surface area contributed by atoms with Crippen LogP contribution in [0.2, 0.25) is 4.34 Å². The van der Waals surface area contributed by atoms with Crippen molar-refractivity contribution in [3.8, 4) is 0 Å². The number of thiophene rings is 1. The second-order valence-corrected chi connectivity index (χ2v) is 5.55. The Labute approximate surface area is 115 Å². The fourth-order valence-corrected chi connectivity index (χ4v) is 2.74. The molecule has 3 rings (SSSR count). The molecule has 2 N–H and O–H groups in total. The zero-order valence-electron chi connectivity index (χ0n) is 9.42. The van der Waals surface area contributed by atoms with E-state index in [2.05, 4.69) is 0 Å². The summed E-state index contributed by atoms with van der Waals surface area (Å²) in [6.07, 6.45) is 0. The maximum Gasteiger partial charge on any atom is 0.427 e. The molecule has 0 saturated heterocycles. The van der Waals surface area contributed by atoms with Crippen LogP contribution in [0.25, 0.3) is 11.1 Å². The van der Waals surface area contributed by atoms with Crippen molar-refractivity contribution in [2.45, 2.75) is 0 Å². The Morgan fingerprint density at radius 1 is 1.32 bits per heavy atom. The Kier molecular flexibility index (Phi) is 2.69. The van der Waals surface area contributed by atoms with Crippen molar-refractivity contribution in [1.29, 1.82) is 0 Å². The molecule has 0 unspecified atom stereocenters. The highest BCUT2D eigenvalue weighted by Crippen LogP contribution is 2.24. The summed E-state index contributed by atoms with van der Waals surface area (Å²) in [6.45, 7) is 0. The van der Waals surface area contributed by atoms with Crippen LogP contribution in [0.4, 0.5) is 5.69 Å². The highest BCUT2D eigenvalue weighted by molar-refractivity contribution is 7.18. The summed E-state index contributed by atoms with van der Waals surface area (Å²) in [5, 5.41) is 0. The quantitative estimate of drug-likeness (QED) is 0.700. The van der Waals surface area contributed by atoms with Crippen molar-refractivity contribution in [1.82, 2.24) is 4.57 Å². The van der Waals surface area contributed by atoms with Crippen molar-refractivity contribution in [3.63, 3.8) is 0 Å². The lowest BCUT2D eigenvalue weighted by molar-refractivity contribution is 0.0960. The number of hydrogen-bond acceptors (Lipinski definition) is 5. The number of nitrogen functional groups attached to an aromatic ring is 1. The molecular formula is C12H7ClN2O3S. The number of aromatic nitrogens is 1. The van der Waals surface area contributed by atoms with Gasteiger partial charge < -0.3 is 10.2 Å². The predicted molar refractivity (Wildman–Crippen MR) is 73.9 cm³/mol. The number of halogens is 1. The molecule has 0 atom stereocenters. The summed E-state index contributed by atoms with van der Waals surface area (Å²) in [4.78, 5) is 24.4. The van der Waals surface area contributed by atoms with Gasteiger partial charge in [-0.15, -0.1) is 11.3 Å². The monoisotopic (exact) mass is 294 g/mol. The molecule has 0 aliphatic rings. The molecule has 0 radical (unpaired) electrons. The van der Waals surface area contributed by atoms with Crippen molar-refractivity contribution < 1.29 is 9.21 Å². The number of hydrogen-bond donors (Lipinski definition) is 1. The third kappa shape index (κ3) is 1.94.